The highest BCUT2D eigenvalue weighted by Crippen LogP contribution is 2.24. The quantitative estimate of drug-likeness (QED) is 0.290. The van der Waals surface area contributed by atoms with E-state index in [0.717, 1.165) is 11.8 Å². The van der Waals surface area contributed by atoms with Crippen LogP contribution in [0.1, 0.15) is 24.2 Å². The van der Waals surface area contributed by atoms with Crippen molar-refractivity contribution in [3.8, 4) is 0 Å². The molecule has 1 atom stereocenters. The van der Waals surface area contributed by atoms with E-state index in [4.69, 9.17) is 16.4 Å². The molecule has 1 fully saturated rings. The predicted octanol–water partition coefficient (Wildman–Crippen LogP) is 2.78. The minimum absolute atomic E-state index is 0.0897. The first kappa shape index (κ1) is 23.2. The number of piperazine rings is 1. The number of benzene rings is 1. The third-order valence-electron chi connectivity index (χ3n) is 4.63. The van der Waals surface area contributed by atoms with Crippen LogP contribution < -0.4 is 10.4 Å². The molecular formula is C20H23ClFN5O3S. The summed E-state index contributed by atoms with van der Waals surface area (Å²) in [5.74, 6) is -0.0775. The van der Waals surface area contributed by atoms with Crippen LogP contribution in [0.2, 0.25) is 5.15 Å². The SMILES string of the molecule is CCONC(=O)CSc1nc(Cl)cc(N2CCN(C(=O)c3ccc(F)cc3)C(C)C2)n1. The van der Waals surface area contributed by atoms with Gasteiger partial charge in [0.15, 0.2) is 5.16 Å². The van der Waals surface area contributed by atoms with Crippen LogP contribution in [0.5, 0.6) is 0 Å². The van der Waals surface area contributed by atoms with Crippen molar-refractivity contribution in [3.63, 3.8) is 0 Å². The molecular weight excluding hydrogens is 445 g/mol. The van der Waals surface area contributed by atoms with Crippen molar-refractivity contribution in [2.75, 3.05) is 36.9 Å². The molecule has 0 radical (unpaired) electrons. The summed E-state index contributed by atoms with van der Waals surface area (Å²) in [6.45, 7) is 5.69. The van der Waals surface area contributed by atoms with Gasteiger partial charge < -0.3 is 9.80 Å². The summed E-state index contributed by atoms with van der Waals surface area (Å²) in [7, 11) is 0. The monoisotopic (exact) mass is 467 g/mol. The first-order valence-electron chi connectivity index (χ1n) is 9.77. The van der Waals surface area contributed by atoms with Crippen molar-refractivity contribution >= 4 is 41.0 Å². The Bertz CT molecular complexity index is 934. The summed E-state index contributed by atoms with van der Waals surface area (Å²) in [4.78, 5) is 41.8. The van der Waals surface area contributed by atoms with Crippen LogP contribution in [0, 0.1) is 5.82 Å². The Morgan fingerprint density at radius 1 is 1.29 bits per heavy atom. The van der Waals surface area contributed by atoms with E-state index in [1.54, 1.807) is 17.9 Å². The molecule has 3 rings (SSSR count). The Hall–Kier alpha value is -2.43. The molecule has 1 unspecified atom stereocenters. The van der Waals surface area contributed by atoms with Crippen LogP contribution >= 0.6 is 23.4 Å². The molecule has 0 spiro atoms. The number of hydroxylamine groups is 1. The van der Waals surface area contributed by atoms with Crippen molar-refractivity contribution in [3.05, 3.63) is 46.9 Å². The van der Waals surface area contributed by atoms with Crippen LogP contribution in [0.15, 0.2) is 35.5 Å². The maximum Gasteiger partial charge on any atom is 0.254 e. The van der Waals surface area contributed by atoms with Crippen molar-refractivity contribution in [2.24, 2.45) is 0 Å². The largest absolute Gasteiger partial charge is 0.353 e. The third kappa shape index (κ3) is 6.28. The van der Waals surface area contributed by atoms with Gasteiger partial charge in [-0.15, -0.1) is 0 Å². The summed E-state index contributed by atoms with van der Waals surface area (Å²) in [6, 6.07) is 7.12. The highest BCUT2D eigenvalue weighted by atomic mass is 35.5. The van der Waals surface area contributed by atoms with E-state index in [-0.39, 0.29) is 34.6 Å². The highest BCUT2D eigenvalue weighted by Gasteiger charge is 2.29. The van der Waals surface area contributed by atoms with E-state index in [0.29, 0.717) is 42.8 Å². The van der Waals surface area contributed by atoms with Gasteiger partial charge in [-0.2, -0.15) is 0 Å². The van der Waals surface area contributed by atoms with E-state index >= 15 is 0 Å². The molecule has 1 saturated heterocycles. The number of rotatable bonds is 7. The number of aromatic nitrogens is 2. The van der Waals surface area contributed by atoms with E-state index in [9.17, 15) is 14.0 Å². The fourth-order valence-corrected chi connectivity index (χ4v) is 4.02. The lowest BCUT2D eigenvalue weighted by Gasteiger charge is -2.40. The summed E-state index contributed by atoms with van der Waals surface area (Å²) in [6.07, 6.45) is 0. The Balaban J connectivity index is 1.64. The zero-order chi connectivity index (χ0) is 22.4. The van der Waals surface area contributed by atoms with Crippen LogP contribution in [-0.4, -0.2) is 64.7 Å². The van der Waals surface area contributed by atoms with Gasteiger partial charge in [0.1, 0.15) is 16.8 Å². The van der Waals surface area contributed by atoms with Gasteiger partial charge in [-0.1, -0.05) is 23.4 Å². The summed E-state index contributed by atoms with van der Waals surface area (Å²) >= 11 is 7.32. The fourth-order valence-electron chi connectivity index (χ4n) is 3.15. The highest BCUT2D eigenvalue weighted by molar-refractivity contribution is 7.99. The standard InChI is InChI=1S/C20H23ClFN5O3S/c1-3-30-25-18(28)12-31-20-23-16(21)10-17(24-20)26-8-9-27(13(2)11-26)19(29)14-4-6-15(22)7-5-14/h4-7,10,13H,3,8-9,11-12H2,1-2H3,(H,25,28). The number of anilines is 1. The van der Waals surface area contributed by atoms with Crippen molar-refractivity contribution in [1.29, 1.82) is 0 Å². The zero-order valence-corrected chi connectivity index (χ0v) is 18.7. The van der Waals surface area contributed by atoms with Gasteiger partial charge in [0.05, 0.1) is 12.4 Å². The molecule has 2 aromatic rings. The summed E-state index contributed by atoms with van der Waals surface area (Å²) in [5.41, 5.74) is 2.77. The normalized spacial score (nSPS) is 16.3. The smallest absolute Gasteiger partial charge is 0.254 e. The molecule has 2 heterocycles. The molecule has 11 heteroatoms. The number of halogens is 2. The molecule has 0 saturated carbocycles. The number of carbonyl (C=O) groups excluding carboxylic acids is 2. The molecule has 0 aliphatic carbocycles. The lowest BCUT2D eigenvalue weighted by Crippen LogP contribution is -2.54. The minimum atomic E-state index is -0.376. The topological polar surface area (TPSA) is 87.7 Å². The lowest BCUT2D eigenvalue weighted by atomic mass is 10.1. The number of amides is 2. The predicted molar refractivity (Wildman–Crippen MR) is 117 cm³/mol. The van der Waals surface area contributed by atoms with Crippen LogP contribution in [0.4, 0.5) is 10.2 Å². The molecule has 1 aromatic heterocycles. The van der Waals surface area contributed by atoms with Gasteiger partial charge >= 0.3 is 0 Å². The van der Waals surface area contributed by atoms with E-state index in [2.05, 4.69) is 15.4 Å². The number of hydrogen-bond acceptors (Lipinski definition) is 7. The Kier molecular flexibility index (Phi) is 8.05. The number of hydrogen-bond donors (Lipinski definition) is 1. The minimum Gasteiger partial charge on any atom is -0.353 e. The molecule has 31 heavy (non-hydrogen) atoms. The molecule has 8 nitrogen and oxygen atoms in total. The third-order valence-corrected chi connectivity index (χ3v) is 5.67. The van der Waals surface area contributed by atoms with E-state index in [1.165, 1.54) is 24.3 Å². The lowest BCUT2D eigenvalue weighted by molar-refractivity contribution is -0.130. The maximum atomic E-state index is 13.1. The summed E-state index contributed by atoms with van der Waals surface area (Å²) in [5, 5.41) is 0.654. The van der Waals surface area contributed by atoms with Crippen molar-refractivity contribution < 1.29 is 18.8 Å². The van der Waals surface area contributed by atoms with Crippen LogP contribution in [-0.2, 0) is 9.63 Å². The van der Waals surface area contributed by atoms with Gasteiger partial charge in [-0.3, -0.25) is 14.4 Å². The van der Waals surface area contributed by atoms with Crippen molar-refractivity contribution in [1.82, 2.24) is 20.3 Å². The van der Waals surface area contributed by atoms with Gasteiger partial charge in [0, 0.05) is 37.3 Å². The molecule has 1 aliphatic heterocycles. The number of thioether (sulfide) groups is 1. The number of nitrogens with one attached hydrogen (secondary N) is 1. The second kappa shape index (κ2) is 10.7. The molecule has 1 N–H and O–H groups in total. The molecule has 1 aliphatic rings. The molecule has 0 bridgehead atoms. The zero-order valence-electron chi connectivity index (χ0n) is 17.2. The van der Waals surface area contributed by atoms with Gasteiger partial charge in [-0.25, -0.2) is 19.8 Å². The van der Waals surface area contributed by atoms with Gasteiger partial charge in [0.25, 0.3) is 11.8 Å². The first-order valence-corrected chi connectivity index (χ1v) is 11.1. The Morgan fingerprint density at radius 3 is 2.71 bits per heavy atom. The molecule has 2 amide bonds. The maximum absolute atomic E-state index is 13.1. The average molecular weight is 468 g/mol. The number of carbonyl (C=O) groups is 2. The van der Waals surface area contributed by atoms with Gasteiger partial charge in [-0.05, 0) is 38.1 Å². The summed E-state index contributed by atoms with van der Waals surface area (Å²) < 4.78 is 13.1. The second-order valence-electron chi connectivity index (χ2n) is 6.88. The Morgan fingerprint density at radius 2 is 2.03 bits per heavy atom. The molecule has 1 aromatic carbocycles. The van der Waals surface area contributed by atoms with E-state index in [1.807, 2.05) is 11.8 Å². The fraction of sp³-hybridized carbons (Fsp3) is 0.400. The van der Waals surface area contributed by atoms with E-state index < -0.39 is 0 Å². The van der Waals surface area contributed by atoms with Crippen LogP contribution in [0.3, 0.4) is 0 Å². The molecule has 166 valence electrons. The number of nitrogens with zero attached hydrogens (tertiary/aromatic N) is 4. The second-order valence-corrected chi connectivity index (χ2v) is 8.21. The average Bonchev–Trinajstić information content (AvgIpc) is 2.76. The Labute approximate surface area is 189 Å². The van der Waals surface area contributed by atoms with Crippen molar-refractivity contribution in [2.45, 2.75) is 25.0 Å². The first-order chi connectivity index (χ1) is 14.9. The van der Waals surface area contributed by atoms with Gasteiger partial charge in [0.2, 0.25) is 0 Å². The van der Waals surface area contributed by atoms with Crippen LogP contribution in [0.25, 0.3) is 0 Å².